The van der Waals surface area contributed by atoms with Crippen LogP contribution in [0.15, 0.2) is 52.9 Å². The Kier molecular flexibility index (Phi) is 6.39. The number of carbonyl (C=O) groups excluding carboxylic acids is 1. The third-order valence-corrected chi connectivity index (χ3v) is 6.01. The number of ether oxygens (including phenoxy) is 1. The molecule has 0 unspecified atom stereocenters. The molecule has 6 nitrogen and oxygen atoms in total. The van der Waals surface area contributed by atoms with Crippen molar-refractivity contribution in [3.8, 4) is 17.2 Å². The fraction of sp³-hybridized carbons (Fsp3) is 0.238. The van der Waals surface area contributed by atoms with Crippen LogP contribution in [-0.2, 0) is 26.8 Å². The van der Waals surface area contributed by atoms with Gasteiger partial charge in [-0.05, 0) is 48.9 Å². The molecule has 1 heterocycles. The summed E-state index contributed by atoms with van der Waals surface area (Å²) in [5.41, 5.74) is 1.72. The summed E-state index contributed by atoms with van der Waals surface area (Å²) in [6.45, 7) is 1.65. The number of benzene rings is 2. The van der Waals surface area contributed by atoms with Crippen LogP contribution in [0.5, 0.6) is 5.75 Å². The van der Waals surface area contributed by atoms with Crippen molar-refractivity contribution in [2.24, 2.45) is 0 Å². The lowest BCUT2D eigenvalue weighted by Crippen LogP contribution is -2.19. The molecular formula is C21H20ClNO5S. The third kappa shape index (κ3) is 5.68. The molecule has 0 aliphatic heterocycles. The van der Waals surface area contributed by atoms with Gasteiger partial charge in [-0.15, -0.1) is 0 Å². The van der Waals surface area contributed by atoms with Gasteiger partial charge in [-0.2, -0.15) is 0 Å². The number of carbonyl (C=O) groups is 1. The zero-order valence-corrected chi connectivity index (χ0v) is 17.6. The molecule has 0 spiro atoms. The highest BCUT2D eigenvalue weighted by atomic mass is 35.5. The maximum Gasteiger partial charge on any atom is 0.226 e. The lowest BCUT2D eigenvalue weighted by molar-refractivity contribution is -0.116. The molecule has 0 radical (unpaired) electrons. The van der Waals surface area contributed by atoms with Gasteiger partial charge in [0.05, 0.1) is 18.6 Å². The van der Waals surface area contributed by atoms with E-state index in [0.717, 1.165) is 0 Å². The fourth-order valence-corrected chi connectivity index (χ4v) is 4.31. The van der Waals surface area contributed by atoms with Crippen LogP contribution < -0.4 is 4.74 Å². The van der Waals surface area contributed by atoms with E-state index in [9.17, 15) is 13.2 Å². The SMILES string of the molecule is COc1ccc(-c2nc(CS(=O)(=O)CC(=O)Cc3ccc(Cl)cc3)c(C)o2)cc1. The third-order valence-electron chi connectivity index (χ3n) is 4.28. The van der Waals surface area contributed by atoms with E-state index < -0.39 is 15.6 Å². The average molecular weight is 434 g/mol. The number of rotatable bonds is 8. The summed E-state index contributed by atoms with van der Waals surface area (Å²) < 4.78 is 35.7. The number of aryl methyl sites for hydroxylation is 1. The Balaban J connectivity index is 1.68. The Labute approximate surface area is 174 Å². The van der Waals surface area contributed by atoms with E-state index in [4.69, 9.17) is 20.8 Å². The van der Waals surface area contributed by atoms with Gasteiger partial charge in [0, 0.05) is 17.0 Å². The number of oxazole rings is 1. The Morgan fingerprint density at radius 1 is 1.10 bits per heavy atom. The van der Waals surface area contributed by atoms with Crippen molar-refractivity contribution in [1.82, 2.24) is 4.98 Å². The van der Waals surface area contributed by atoms with Crippen LogP contribution in [0.1, 0.15) is 17.0 Å². The van der Waals surface area contributed by atoms with Gasteiger partial charge in [-0.25, -0.2) is 13.4 Å². The highest BCUT2D eigenvalue weighted by molar-refractivity contribution is 7.91. The molecule has 0 bridgehead atoms. The second-order valence-electron chi connectivity index (χ2n) is 6.62. The summed E-state index contributed by atoms with van der Waals surface area (Å²) >= 11 is 5.82. The van der Waals surface area contributed by atoms with E-state index in [0.29, 0.717) is 39.2 Å². The van der Waals surface area contributed by atoms with E-state index in [1.807, 2.05) is 0 Å². The van der Waals surface area contributed by atoms with Crippen molar-refractivity contribution >= 4 is 27.2 Å². The molecular weight excluding hydrogens is 414 g/mol. The van der Waals surface area contributed by atoms with E-state index >= 15 is 0 Å². The van der Waals surface area contributed by atoms with E-state index in [1.54, 1.807) is 62.6 Å². The molecule has 0 fully saturated rings. The largest absolute Gasteiger partial charge is 0.497 e. The maximum atomic E-state index is 12.5. The molecule has 0 aliphatic rings. The molecule has 152 valence electrons. The Bertz CT molecular complexity index is 1100. The number of methoxy groups -OCH3 is 1. The van der Waals surface area contributed by atoms with E-state index in [-0.39, 0.29) is 18.0 Å². The number of nitrogens with zero attached hydrogens (tertiary/aromatic N) is 1. The molecule has 0 N–H and O–H groups in total. The molecule has 29 heavy (non-hydrogen) atoms. The molecule has 0 atom stereocenters. The first-order valence-electron chi connectivity index (χ1n) is 8.83. The lowest BCUT2D eigenvalue weighted by atomic mass is 10.1. The molecule has 2 aromatic carbocycles. The monoisotopic (exact) mass is 433 g/mol. The summed E-state index contributed by atoms with van der Waals surface area (Å²) in [5, 5.41) is 0.558. The van der Waals surface area contributed by atoms with Crippen molar-refractivity contribution in [3.05, 3.63) is 70.6 Å². The summed E-state index contributed by atoms with van der Waals surface area (Å²) in [6.07, 6.45) is 0.0330. The van der Waals surface area contributed by atoms with Gasteiger partial charge >= 0.3 is 0 Å². The highest BCUT2D eigenvalue weighted by Crippen LogP contribution is 2.25. The van der Waals surface area contributed by atoms with Crippen LogP contribution in [0.2, 0.25) is 5.02 Å². The molecule has 3 rings (SSSR count). The maximum absolute atomic E-state index is 12.5. The molecule has 8 heteroatoms. The van der Waals surface area contributed by atoms with E-state index in [1.165, 1.54) is 0 Å². The van der Waals surface area contributed by atoms with Crippen molar-refractivity contribution in [1.29, 1.82) is 0 Å². The number of halogens is 1. The molecule has 0 saturated heterocycles. The van der Waals surface area contributed by atoms with Crippen molar-refractivity contribution in [2.45, 2.75) is 19.1 Å². The summed E-state index contributed by atoms with van der Waals surface area (Å²) in [4.78, 5) is 16.5. The van der Waals surface area contributed by atoms with Gasteiger partial charge in [0.15, 0.2) is 15.6 Å². The predicted molar refractivity (Wildman–Crippen MR) is 111 cm³/mol. The summed E-state index contributed by atoms with van der Waals surface area (Å²) in [6, 6.07) is 13.8. The lowest BCUT2D eigenvalue weighted by Gasteiger charge is -2.03. The minimum atomic E-state index is -3.68. The quantitative estimate of drug-likeness (QED) is 0.532. The number of Topliss-reactive ketones (excluding diaryl/α,β-unsaturated/α-hetero) is 1. The minimum absolute atomic E-state index is 0.0330. The predicted octanol–water partition coefficient (Wildman–Crippen LogP) is 4.04. The topological polar surface area (TPSA) is 86.5 Å². The summed E-state index contributed by atoms with van der Waals surface area (Å²) in [5.74, 6) is 0.125. The van der Waals surface area contributed by atoms with Crippen molar-refractivity contribution in [2.75, 3.05) is 12.9 Å². The van der Waals surface area contributed by atoms with Gasteiger partial charge in [0.1, 0.15) is 17.3 Å². The van der Waals surface area contributed by atoms with Crippen LogP contribution in [0.25, 0.3) is 11.5 Å². The normalized spacial score (nSPS) is 11.4. The average Bonchev–Trinajstić information content (AvgIpc) is 3.03. The van der Waals surface area contributed by atoms with Crippen molar-refractivity contribution in [3.63, 3.8) is 0 Å². The number of hydrogen-bond donors (Lipinski definition) is 0. The second-order valence-corrected chi connectivity index (χ2v) is 9.13. The fourth-order valence-electron chi connectivity index (χ4n) is 2.80. The highest BCUT2D eigenvalue weighted by Gasteiger charge is 2.22. The molecule has 0 saturated carbocycles. The van der Waals surface area contributed by atoms with Crippen LogP contribution in [-0.4, -0.2) is 32.0 Å². The van der Waals surface area contributed by atoms with Gasteiger partial charge in [0.25, 0.3) is 0 Å². The number of hydrogen-bond acceptors (Lipinski definition) is 6. The van der Waals surface area contributed by atoms with Crippen LogP contribution >= 0.6 is 11.6 Å². The molecule has 0 aliphatic carbocycles. The number of aromatic nitrogens is 1. The molecule has 0 amide bonds. The Hall–Kier alpha value is -2.64. The molecule has 1 aromatic heterocycles. The standard InChI is InChI=1S/C21H20ClNO5S/c1-14-20(23-21(28-14)16-5-9-19(27-2)10-6-16)13-29(25,26)12-18(24)11-15-3-7-17(22)8-4-15/h3-10H,11-13H2,1-2H3. The number of sulfone groups is 1. The second kappa shape index (κ2) is 8.80. The number of ketones is 1. The zero-order chi connectivity index (χ0) is 21.0. The summed E-state index contributed by atoms with van der Waals surface area (Å²) in [7, 11) is -2.11. The zero-order valence-electron chi connectivity index (χ0n) is 16.0. The first-order valence-corrected chi connectivity index (χ1v) is 11.0. The van der Waals surface area contributed by atoms with Crippen LogP contribution in [0.4, 0.5) is 0 Å². The Morgan fingerprint density at radius 2 is 1.76 bits per heavy atom. The first-order chi connectivity index (χ1) is 13.8. The van der Waals surface area contributed by atoms with Crippen LogP contribution in [0.3, 0.4) is 0 Å². The smallest absolute Gasteiger partial charge is 0.226 e. The van der Waals surface area contributed by atoms with Crippen molar-refractivity contribution < 1.29 is 22.4 Å². The van der Waals surface area contributed by atoms with E-state index in [2.05, 4.69) is 4.98 Å². The molecule has 3 aromatic rings. The van der Waals surface area contributed by atoms with Crippen LogP contribution in [0, 0.1) is 6.92 Å². The minimum Gasteiger partial charge on any atom is -0.497 e. The first kappa shape index (κ1) is 21.1. The van der Waals surface area contributed by atoms with Gasteiger partial charge in [0.2, 0.25) is 5.89 Å². The Morgan fingerprint density at radius 3 is 2.38 bits per heavy atom. The van der Waals surface area contributed by atoms with Gasteiger partial charge < -0.3 is 9.15 Å². The van der Waals surface area contributed by atoms with Gasteiger partial charge in [-0.1, -0.05) is 23.7 Å². The van der Waals surface area contributed by atoms with Gasteiger partial charge in [-0.3, -0.25) is 4.79 Å².